The first-order valence-corrected chi connectivity index (χ1v) is 3.08. The van der Waals surface area contributed by atoms with Crippen molar-refractivity contribution in [3.05, 3.63) is 23.1 Å². The summed E-state index contributed by atoms with van der Waals surface area (Å²) >= 11 is 10.9. The smallest absolute Gasteiger partial charge is 0.210 e. The van der Waals surface area contributed by atoms with Crippen LogP contribution in [0.25, 0.3) is 0 Å². The highest BCUT2D eigenvalue weighted by molar-refractivity contribution is 6.37. The maximum absolute atomic E-state index is 8.84. The van der Waals surface area contributed by atoms with Crippen molar-refractivity contribution in [3.63, 3.8) is 0 Å². The van der Waals surface area contributed by atoms with Crippen molar-refractivity contribution in [2.24, 2.45) is 0 Å². The molecule has 0 spiro atoms. The summed E-state index contributed by atoms with van der Waals surface area (Å²) < 4.78 is 4.70. The average Bonchev–Trinajstić information content (AvgIpc) is 1.83. The molecule has 0 radical (unpaired) electrons. The summed E-state index contributed by atoms with van der Waals surface area (Å²) in [5.74, 6) is -0.0390. The van der Waals surface area contributed by atoms with Crippen molar-refractivity contribution in [1.29, 1.82) is 0 Å². The molecule has 9 heavy (non-hydrogen) atoms. The Hall–Kier alpha value is -0.340. The van der Waals surface area contributed by atoms with Crippen molar-refractivity contribution >= 4 is 23.2 Å². The van der Waals surface area contributed by atoms with Crippen LogP contribution in [0.5, 0.6) is 0 Å². The van der Waals surface area contributed by atoms with Gasteiger partial charge >= 0.3 is 0 Å². The van der Waals surface area contributed by atoms with Gasteiger partial charge in [-0.15, -0.1) is 0 Å². The van der Waals surface area contributed by atoms with Crippen molar-refractivity contribution in [2.45, 2.75) is 5.56 Å². The monoisotopic (exact) mass is 166 g/mol. The molecule has 1 unspecified atom stereocenters. The Balaban J connectivity index is 2.83. The third-order valence-corrected chi connectivity index (χ3v) is 1.69. The predicted octanol–water partition coefficient (Wildman–Crippen LogP) is 2.10. The number of hydrogen-bond donors (Lipinski definition) is 1. The zero-order valence-electron chi connectivity index (χ0n) is 4.34. The number of ether oxygens (including phenoxy) is 1. The maximum Gasteiger partial charge on any atom is 0.210 e. The molecule has 0 saturated heterocycles. The Morgan fingerprint density at radius 2 is 2.33 bits per heavy atom. The van der Waals surface area contributed by atoms with Gasteiger partial charge in [-0.05, 0) is 0 Å². The van der Waals surface area contributed by atoms with Crippen LogP contribution in [0, 0.1) is 0 Å². The third-order valence-electron chi connectivity index (χ3n) is 0.868. The Morgan fingerprint density at radius 1 is 1.67 bits per heavy atom. The lowest BCUT2D eigenvalue weighted by Crippen LogP contribution is -2.06. The zero-order valence-corrected chi connectivity index (χ0v) is 5.86. The molecule has 2 nitrogen and oxygen atoms in total. The number of hydrogen-bond acceptors (Lipinski definition) is 2. The number of alkyl halides is 1. The number of aliphatic hydroxyl groups excluding tert-OH is 1. The molecular weight excluding hydrogens is 163 g/mol. The molecule has 0 aromatic carbocycles. The van der Waals surface area contributed by atoms with E-state index in [0.717, 1.165) is 0 Å². The first-order valence-electron chi connectivity index (χ1n) is 2.26. The summed E-state index contributed by atoms with van der Waals surface area (Å²) in [6.45, 7) is 0. The van der Waals surface area contributed by atoms with E-state index in [0.29, 0.717) is 0 Å². The number of aliphatic hydroxyl groups is 1. The van der Waals surface area contributed by atoms with Crippen molar-refractivity contribution in [2.75, 3.05) is 0 Å². The highest BCUT2D eigenvalue weighted by Crippen LogP contribution is 2.23. The minimum atomic E-state index is -0.739. The quantitative estimate of drug-likeness (QED) is 0.559. The van der Waals surface area contributed by atoms with Crippen LogP contribution in [0.4, 0.5) is 0 Å². The molecule has 1 rings (SSSR count). The predicted molar refractivity (Wildman–Crippen MR) is 35.4 cm³/mol. The molecule has 0 bridgehead atoms. The second kappa shape index (κ2) is 2.50. The van der Waals surface area contributed by atoms with E-state index in [1.54, 1.807) is 0 Å². The summed E-state index contributed by atoms with van der Waals surface area (Å²) in [6.07, 6.45) is 2.63. The first-order chi connectivity index (χ1) is 4.22. The highest BCUT2D eigenvalue weighted by Gasteiger charge is 2.15. The van der Waals surface area contributed by atoms with Gasteiger partial charge in [-0.2, -0.15) is 0 Å². The molecule has 50 valence electrons. The molecule has 0 aromatic rings. The van der Waals surface area contributed by atoms with Crippen LogP contribution >= 0.6 is 23.2 Å². The second-order valence-corrected chi connectivity index (χ2v) is 2.29. The fraction of sp³-hybridized carbons (Fsp3) is 0.200. The van der Waals surface area contributed by atoms with E-state index in [1.165, 1.54) is 12.3 Å². The molecule has 0 fully saturated rings. The van der Waals surface area contributed by atoms with Crippen LogP contribution < -0.4 is 0 Å². The fourth-order valence-corrected chi connectivity index (χ4v) is 0.714. The van der Waals surface area contributed by atoms with E-state index < -0.39 is 5.56 Å². The van der Waals surface area contributed by atoms with Gasteiger partial charge in [0.15, 0.2) is 0 Å². The van der Waals surface area contributed by atoms with Gasteiger partial charge in [-0.25, -0.2) is 0 Å². The number of halogens is 2. The minimum Gasteiger partial charge on any atom is -0.506 e. The van der Waals surface area contributed by atoms with Gasteiger partial charge in [0, 0.05) is 6.08 Å². The topological polar surface area (TPSA) is 29.5 Å². The van der Waals surface area contributed by atoms with Gasteiger partial charge in [0.25, 0.3) is 0 Å². The Labute approximate surface area is 62.3 Å². The van der Waals surface area contributed by atoms with Crippen LogP contribution in [-0.2, 0) is 4.74 Å². The standard InChI is InChI=1S/C5H4Cl2O2/c6-4-3(8)1-2-9-5(4)7/h1-2,5,8H. The van der Waals surface area contributed by atoms with Crippen LogP contribution in [-0.4, -0.2) is 10.7 Å². The van der Waals surface area contributed by atoms with Gasteiger partial charge in [0.2, 0.25) is 5.56 Å². The van der Waals surface area contributed by atoms with Crippen LogP contribution in [0.2, 0.25) is 0 Å². The lowest BCUT2D eigenvalue weighted by molar-refractivity contribution is 0.234. The normalized spacial score (nSPS) is 26.2. The molecule has 1 heterocycles. The molecule has 1 aliphatic rings. The molecule has 1 N–H and O–H groups in total. The Bertz CT molecular complexity index is 174. The number of allylic oxidation sites excluding steroid dienone is 1. The molecule has 0 aliphatic carbocycles. The summed E-state index contributed by atoms with van der Waals surface area (Å²) in [7, 11) is 0. The van der Waals surface area contributed by atoms with E-state index in [1.807, 2.05) is 0 Å². The highest BCUT2D eigenvalue weighted by atomic mass is 35.5. The maximum atomic E-state index is 8.84. The van der Waals surface area contributed by atoms with E-state index >= 15 is 0 Å². The lowest BCUT2D eigenvalue weighted by atomic mass is 10.4. The van der Waals surface area contributed by atoms with E-state index in [4.69, 9.17) is 33.0 Å². The van der Waals surface area contributed by atoms with Gasteiger partial charge < -0.3 is 9.84 Å². The average molecular weight is 167 g/mol. The molecule has 0 aromatic heterocycles. The SMILES string of the molecule is OC1=C(Cl)C(Cl)OC=C1. The van der Waals surface area contributed by atoms with Crippen LogP contribution in [0.15, 0.2) is 23.1 Å². The third kappa shape index (κ3) is 1.32. The molecule has 4 heteroatoms. The van der Waals surface area contributed by atoms with Crippen LogP contribution in [0.1, 0.15) is 0 Å². The van der Waals surface area contributed by atoms with Crippen molar-refractivity contribution in [1.82, 2.24) is 0 Å². The summed E-state index contributed by atoms with van der Waals surface area (Å²) in [5.41, 5.74) is -0.739. The van der Waals surface area contributed by atoms with E-state index in [2.05, 4.69) is 0 Å². The zero-order chi connectivity index (χ0) is 6.85. The molecule has 1 atom stereocenters. The van der Waals surface area contributed by atoms with Crippen LogP contribution in [0.3, 0.4) is 0 Å². The van der Waals surface area contributed by atoms with E-state index in [-0.39, 0.29) is 10.8 Å². The van der Waals surface area contributed by atoms with Gasteiger partial charge in [0.1, 0.15) is 10.8 Å². The Kier molecular flexibility index (Phi) is 1.88. The molecule has 0 amide bonds. The van der Waals surface area contributed by atoms with Gasteiger partial charge in [-0.1, -0.05) is 23.2 Å². The van der Waals surface area contributed by atoms with Gasteiger partial charge in [-0.3, -0.25) is 0 Å². The largest absolute Gasteiger partial charge is 0.506 e. The van der Waals surface area contributed by atoms with Crippen molar-refractivity contribution < 1.29 is 9.84 Å². The first kappa shape index (κ1) is 6.78. The van der Waals surface area contributed by atoms with E-state index in [9.17, 15) is 0 Å². The second-order valence-electron chi connectivity index (χ2n) is 1.49. The fourth-order valence-electron chi connectivity index (χ4n) is 0.428. The lowest BCUT2D eigenvalue weighted by Gasteiger charge is -2.12. The summed E-state index contributed by atoms with van der Waals surface area (Å²) in [6, 6.07) is 0. The van der Waals surface area contributed by atoms with Gasteiger partial charge in [0.05, 0.1) is 6.26 Å². The summed E-state index contributed by atoms with van der Waals surface area (Å²) in [4.78, 5) is 0. The summed E-state index contributed by atoms with van der Waals surface area (Å²) in [5, 5.41) is 8.97. The Morgan fingerprint density at radius 3 is 2.78 bits per heavy atom. The minimum absolute atomic E-state index is 0.0390. The molecule has 1 aliphatic heterocycles. The molecule has 0 saturated carbocycles. The number of rotatable bonds is 0. The van der Waals surface area contributed by atoms with Crippen molar-refractivity contribution in [3.8, 4) is 0 Å². The molecular formula is C5H4Cl2O2.